The summed E-state index contributed by atoms with van der Waals surface area (Å²) in [6, 6.07) is 4.04. The maximum absolute atomic E-state index is 9.95. The molecule has 1 atom stereocenters. The summed E-state index contributed by atoms with van der Waals surface area (Å²) in [5.41, 5.74) is 4.25. The lowest BCUT2D eigenvalue weighted by atomic mass is 10.0. The molecule has 6 nitrogen and oxygen atoms in total. The highest BCUT2D eigenvalue weighted by atomic mass is 127. The number of aryl methyl sites for hydroxylation is 3. The lowest BCUT2D eigenvalue weighted by molar-refractivity contribution is 0.459. The monoisotopic (exact) mass is 497 g/mol. The molecule has 28 heavy (non-hydrogen) atoms. The number of nitrogens with zero attached hydrogens (tertiary/aromatic N) is 4. The van der Waals surface area contributed by atoms with Crippen LogP contribution >= 0.6 is 24.0 Å². The zero-order chi connectivity index (χ0) is 19.4. The Kier molecular flexibility index (Phi) is 8.15. The quantitative estimate of drug-likeness (QED) is 0.378. The summed E-state index contributed by atoms with van der Waals surface area (Å²) in [6.07, 6.45) is 6.33. The van der Waals surface area contributed by atoms with Gasteiger partial charge < -0.3 is 15.3 Å². The molecule has 0 radical (unpaired) electrons. The first-order valence-corrected chi connectivity index (χ1v) is 9.76. The van der Waals surface area contributed by atoms with Gasteiger partial charge in [-0.3, -0.25) is 4.68 Å². The molecule has 0 spiro atoms. The molecule has 0 saturated carbocycles. The second-order valence-corrected chi connectivity index (χ2v) is 7.58. The van der Waals surface area contributed by atoms with E-state index in [-0.39, 0.29) is 24.0 Å². The molecule has 7 heteroatoms. The van der Waals surface area contributed by atoms with Crippen LogP contribution in [0.2, 0.25) is 0 Å². The van der Waals surface area contributed by atoms with Crippen molar-refractivity contribution in [3.63, 3.8) is 0 Å². The highest BCUT2D eigenvalue weighted by Crippen LogP contribution is 2.24. The Morgan fingerprint density at radius 2 is 2.00 bits per heavy atom. The second-order valence-electron chi connectivity index (χ2n) is 7.58. The summed E-state index contributed by atoms with van der Waals surface area (Å²) in [4.78, 5) is 7.22. The predicted molar refractivity (Wildman–Crippen MR) is 124 cm³/mol. The maximum atomic E-state index is 9.95. The molecule has 1 aromatic heterocycles. The van der Waals surface area contributed by atoms with Gasteiger partial charge in [-0.2, -0.15) is 5.10 Å². The van der Waals surface area contributed by atoms with Crippen LogP contribution in [-0.2, 0) is 20.0 Å². The van der Waals surface area contributed by atoms with E-state index >= 15 is 0 Å². The molecule has 2 heterocycles. The summed E-state index contributed by atoms with van der Waals surface area (Å²) in [6.45, 7) is 9.51. The molecule has 1 fully saturated rings. The number of phenols is 1. The van der Waals surface area contributed by atoms with Crippen LogP contribution in [0.4, 0.5) is 0 Å². The number of likely N-dealkylation sites (tertiary alicyclic amines) is 1. The van der Waals surface area contributed by atoms with Crippen molar-refractivity contribution in [1.82, 2.24) is 20.0 Å². The van der Waals surface area contributed by atoms with Gasteiger partial charge in [-0.1, -0.05) is 12.1 Å². The number of aromatic hydroxyl groups is 1. The summed E-state index contributed by atoms with van der Waals surface area (Å²) in [7, 11) is 1.97. The fourth-order valence-electron chi connectivity index (χ4n) is 3.83. The number of rotatable bonds is 5. The van der Waals surface area contributed by atoms with E-state index in [0.717, 1.165) is 48.7 Å². The van der Waals surface area contributed by atoms with E-state index in [1.807, 2.05) is 43.9 Å². The van der Waals surface area contributed by atoms with E-state index < -0.39 is 0 Å². The highest BCUT2D eigenvalue weighted by molar-refractivity contribution is 14.0. The van der Waals surface area contributed by atoms with Gasteiger partial charge in [-0.05, 0) is 61.8 Å². The first-order chi connectivity index (χ1) is 13.0. The van der Waals surface area contributed by atoms with Crippen molar-refractivity contribution in [2.45, 2.75) is 40.2 Å². The third kappa shape index (κ3) is 5.62. The zero-order valence-electron chi connectivity index (χ0n) is 17.3. The van der Waals surface area contributed by atoms with Crippen LogP contribution in [0.15, 0.2) is 29.5 Å². The van der Waals surface area contributed by atoms with Gasteiger partial charge in [0.05, 0.1) is 12.7 Å². The smallest absolute Gasteiger partial charge is 0.194 e. The molecule has 1 aliphatic heterocycles. The Labute approximate surface area is 185 Å². The average Bonchev–Trinajstić information content (AvgIpc) is 3.25. The van der Waals surface area contributed by atoms with Gasteiger partial charge >= 0.3 is 0 Å². The van der Waals surface area contributed by atoms with Crippen molar-refractivity contribution < 1.29 is 5.11 Å². The topological polar surface area (TPSA) is 65.7 Å². The molecule has 0 amide bonds. The number of hydrogen-bond acceptors (Lipinski definition) is 3. The van der Waals surface area contributed by atoms with Gasteiger partial charge in [0, 0.05) is 32.9 Å². The van der Waals surface area contributed by atoms with Crippen molar-refractivity contribution in [2.24, 2.45) is 18.0 Å². The number of halogens is 1. The molecule has 1 saturated heterocycles. The molecule has 2 N–H and O–H groups in total. The molecular formula is C21H32IN5O. The molecular weight excluding hydrogens is 465 g/mol. The molecule has 3 rings (SSSR count). The van der Waals surface area contributed by atoms with Crippen LogP contribution in [0.3, 0.4) is 0 Å². The van der Waals surface area contributed by atoms with Gasteiger partial charge in [-0.25, -0.2) is 4.99 Å². The number of phenolic OH excluding ortho intramolecular Hbond substituents is 1. The first kappa shape index (κ1) is 22.5. The maximum Gasteiger partial charge on any atom is 0.194 e. The largest absolute Gasteiger partial charge is 0.507 e. The van der Waals surface area contributed by atoms with Crippen molar-refractivity contribution in [3.8, 4) is 5.75 Å². The molecule has 154 valence electrons. The highest BCUT2D eigenvalue weighted by Gasteiger charge is 2.25. The summed E-state index contributed by atoms with van der Waals surface area (Å²) >= 11 is 0. The fourth-order valence-corrected chi connectivity index (χ4v) is 3.83. The molecule has 2 aromatic rings. The number of aliphatic imine (C=N–C) groups is 1. The second kappa shape index (κ2) is 10.1. The van der Waals surface area contributed by atoms with E-state index in [9.17, 15) is 5.11 Å². The molecule has 1 unspecified atom stereocenters. The van der Waals surface area contributed by atoms with Gasteiger partial charge in [0.2, 0.25) is 0 Å². The van der Waals surface area contributed by atoms with Gasteiger partial charge in [-0.15, -0.1) is 24.0 Å². The van der Waals surface area contributed by atoms with Crippen molar-refractivity contribution in [2.75, 3.05) is 19.6 Å². The first-order valence-electron chi connectivity index (χ1n) is 9.76. The molecule has 1 aliphatic rings. The van der Waals surface area contributed by atoms with Gasteiger partial charge in [0.15, 0.2) is 5.96 Å². The normalized spacial score (nSPS) is 16.9. The van der Waals surface area contributed by atoms with E-state index in [2.05, 4.69) is 28.4 Å². The van der Waals surface area contributed by atoms with Crippen LogP contribution in [0.25, 0.3) is 0 Å². The lowest BCUT2D eigenvalue weighted by Gasteiger charge is -2.21. The van der Waals surface area contributed by atoms with Crippen LogP contribution in [0.1, 0.15) is 35.6 Å². The van der Waals surface area contributed by atoms with Crippen LogP contribution in [0, 0.1) is 19.8 Å². The van der Waals surface area contributed by atoms with Crippen molar-refractivity contribution >= 4 is 29.9 Å². The summed E-state index contributed by atoms with van der Waals surface area (Å²) in [5.74, 6) is 2.00. The minimum Gasteiger partial charge on any atom is -0.507 e. The standard InChI is InChI=1S/C21H31N5O.HI/c1-5-22-21(23-11-18-8-15(2)20(27)16(3)9-18)26-7-6-17(14-26)10-19-12-24-25(4)13-19;/h8-9,12-13,17,27H,5-7,10-11,14H2,1-4H3,(H,22,23);1H. The number of nitrogens with one attached hydrogen (secondary N) is 1. The minimum absolute atomic E-state index is 0. The van der Waals surface area contributed by atoms with E-state index in [1.54, 1.807) is 0 Å². The van der Waals surface area contributed by atoms with Gasteiger partial charge in [0.1, 0.15) is 5.75 Å². The van der Waals surface area contributed by atoms with E-state index in [4.69, 9.17) is 4.99 Å². The minimum atomic E-state index is 0. The number of aromatic nitrogens is 2. The van der Waals surface area contributed by atoms with Crippen LogP contribution < -0.4 is 5.32 Å². The predicted octanol–water partition coefficient (Wildman–Crippen LogP) is 3.39. The number of benzene rings is 1. The Hall–Kier alpha value is -1.77. The average molecular weight is 497 g/mol. The van der Waals surface area contributed by atoms with Crippen molar-refractivity contribution in [3.05, 3.63) is 46.8 Å². The van der Waals surface area contributed by atoms with Crippen LogP contribution in [-0.4, -0.2) is 45.4 Å². The zero-order valence-corrected chi connectivity index (χ0v) is 19.6. The number of guanidine groups is 1. The van der Waals surface area contributed by atoms with E-state index in [0.29, 0.717) is 18.2 Å². The van der Waals surface area contributed by atoms with E-state index in [1.165, 1.54) is 12.0 Å². The Morgan fingerprint density at radius 1 is 1.29 bits per heavy atom. The number of hydrogen-bond donors (Lipinski definition) is 2. The third-order valence-corrected chi connectivity index (χ3v) is 5.17. The van der Waals surface area contributed by atoms with Gasteiger partial charge in [0.25, 0.3) is 0 Å². The Bertz CT molecular complexity index is 794. The molecule has 0 aliphatic carbocycles. The summed E-state index contributed by atoms with van der Waals surface area (Å²) < 4.78 is 1.87. The lowest BCUT2D eigenvalue weighted by Crippen LogP contribution is -2.40. The fraction of sp³-hybridized carbons (Fsp3) is 0.524. The third-order valence-electron chi connectivity index (χ3n) is 5.17. The Balaban J connectivity index is 0.00000280. The Morgan fingerprint density at radius 3 is 2.61 bits per heavy atom. The molecule has 1 aromatic carbocycles. The van der Waals surface area contributed by atoms with Crippen LogP contribution in [0.5, 0.6) is 5.75 Å². The SMILES string of the molecule is CCNC(=NCc1cc(C)c(O)c(C)c1)N1CCC(Cc2cnn(C)c2)C1.I. The summed E-state index contributed by atoms with van der Waals surface area (Å²) in [5, 5.41) is 17.7. The van der Waals surface area contributed by atoms with Crippen molar-refractivity contribution in [1.29, 1.82) is 0 Å². The molecule has 0 bridgehead atoms.